The normalized spacial score (nSPS) is 21.7. The average Bonchev–Trinajstić information content (AvgIpc) is 2.94. The van der Waals surface area contributed by atoms with Crippen molar-refractivity contribution in [3.8, 4) is 11.8 Å². The molecule has 3 rings (SSSR count). The molecule has 0 atom stereocenters. The molecular formula is C18H19N3O2S. The van der Waals surface area contributed by atoms with Crippen molar-refractivity contribution in [2.24, 2.45) is 4.99 Å². The monoisotopic (exact) mass is 341 g/mol. The highest BCUT2D eigenvalue weighted by Crippen LogP contribution is 2.30. The summed E-state index contributed by atoms with van der Waals surface area (Å²) in [6.45, 7) is -0.0199. The van der Waals surface area contributed by atoms with Crippen LogP contribution < -0.4 is 10.1 Å². The van der Waals surface area contributed by atoms with Gasteiger partial charge in [-0.2, -0.15) is 5.26 Å². The minimum Gasteiger partial charge on any atom is -0.478 e. The van der Waals surface area contributed by atoms with Crippen molar-refractivity contribution >= 4 is 28.9 Å². The van der Waals surface area contributed by atoms with E-state index in [4.69, 9.17) is 10.00 Å². The van der Waals surface area contributed by atoms with Crippen molar-refractivity contribution in [3.05, 3.63) is 34.7 Å². The van der Waals surface area contributed by atoms with E-state index in [-0.39, 0.29) is 12.5 Å². The van der Waals surface area contributed by atoms with Crippen LogP contribution in [-0.2, 0) is 4.79 Å². The lowest BCUT2D eigenvalue weighted by Gasteiger charge is -2.17. The van der Waals surface area contributed by atoms with Gasteiger partial charge in [0.1, 0.15) is 11.8 Å². The molecule has 1 N–H and O–H groups in total. The number of benzene rings is 1. The zero-order valence-corrected chi connectivity index (χ0v) is 14.1. The molecule has 1 aromatic carbocycles. The molecule has 24 heavy (non-hydrogen) atoms. The van der Waals surface area contributed by atoms with Crippen LogP contribution >= 0.6 is 11.8 Å². The van der Waals surface area contributed by atoms with Crippen molar-refractivity contribution in [2.75, 3.05) is 6.61 Å². The topological polar surface area (TPSA) is 74.5 Å². The van der Waals surface area contributed by atoms with Crippen molar-refractivity contribution < 1.29 is 9.53 Å². The van der Waals surface area contributed by atoms with E-state index >= 15 is 0 Å². The summed E-state index contributed by atoms with van der Waals surface area (Å²) in [5.41, 5.74) is 0.782. The summed E-state index contributed by atoms with van der Waals surface area (Å²) in [5, 5.41) is 12.2. The number of nitriles is 1. The van der Waals surface area contributed by atoms with Crippen LogP contribution in [0.15, 0.2) is 34.2 Å². The number of amides is 1. The molecule has 0 aromatic heterocycles. The van der Waals surface area contributed by atoms with Crippen LogP contribution in [0.4, 0.5) is 0 Å². The van der Waals surface area contributed by atoms with Gasteiger partial charge in [-0.05, 0) is 36.7 Å². The summed E-state index contributed by atoms with van der Waals surface area (Å²) < 4.78 is 5.40. The van der Waals surface area contributed by atoms with Crippen molar-refractivity contribution in [1.82, 2.24) is 5.32 Å². The highest BCUT2D eigenvalue weighted by atomic mass is 32.2. The van der Waals surface area contributed by atoms with Crippen molar-refractivity contribution in [2.45, 2.75) is 38.1 Å². The Morgan fingerprint density at radius 2 is 2.12 bits per heavy atom. The van der Waals surface area contributed by atoms with Crippen LogP contribution in [0.3, 0.4) is 0 Å². The summed E-state index contributed by atoms with van der Waals surface area (Å²) in [6, 6.07) is 9.65. The lowest BCUT2D eigenvalue weighted by molar-refractivity contribution is -0.115. The molecule has 2 fully saturated rings. The van der Waals surface area contributed by atoms with Crippen LogP contribution in [0.1, 0.15) is 37.7 Å². The lowest BCUT2D eigenvalue weighted by atomic mass is 9.96. The molecule has 2 aliphatic rings. The second-order valence-corrected chi connectivity index (χ2v) is 6.81. The van der Waals surface area contributed by atoms with Gasteiger partial charge in [-0.1, -0.05) is 37.5 Å². The van der Waals surface area contributed by atoms with E-state index < -0.39 is 0 Å². The van der Waals surface area contributed by atoms with Crippen LogP contribution in [-0.4, -0.2) is 23.7 Å². The Kier molecular flexibility index (Phi) is 5.55. The predicted molar refractivity (Wildman–Crippen MR) is 95.6 cm³/mol. The second-order valence-electron chi connectivity index (χ2n) is 5.78. The van der Waals surface area contributed by atoms with Crippen LogP contribution in [0.2, 0.25) is 0 Å². The van der Waals surface area contributed by atoms with E-state index in [1.807, 2.05) is 24.3 Å². The van der Waals surface area contributed by atoms with Gasteiger partial charge in [-0.25, -0.2) is 0 Å². The number of ether oxygens (including phenoxy) is 1. The van der Waals surface area contributed by atoms with Gasteiger partial charge in [0.05, 0.1) is 10.9 Å². The molecule has 1 aromatic rings. The summed E-state index contributed by atoms with van der Waals surface area (Å²) in [6.07, 6.45) is 7.70. The predicted octanol–water partition coefficient (Wildman–Crippen LogP) is 3.48. The number of aliphatic imine (C=N–C) groups is 1. The van der Waals surface area contributed by atoms with Crippen LogP contribution in [0.25, 0.3) is 6.08 Å². The van der Waals surface area contributed by atoms with E-state index in [0.717, 1.165) is 18.4 Å². The molecule has 5 nitrogen and oxygen atoms in total. The Morgan fingerprint density at radius 1 is 1.33 bits per heavy atom. The summed E-state index contributed by atoms with van der Waals surface area (Å²) in [5.74, 6) is 0.460. The molecule has 1 saturated carbocycles. The van der Waals surface area contributed by atoms with Crippen molar-refractivity contribution in [1.29, 1.82) is 5.26 Å². The van der Waals surface area contributed by atoms with Gasteiger partial charge in [0.2, 0.25) is 0 Å². The van der Waals surface area contributed by atoms with Gasteiger partial charge in [0, 0.05) is 5.56 Å². The molecule has 0 radical (unpaired) electrons. The van der Waals surface area contributed by atoms with Gasteiger partial charge in [-0.3, -0.25) is 9.79 Å². The van der Waals surface area contributed by atoms with E-state index in [2.05, 4.69) is 10.3 Å². The van der Waals surface area contributed by atoms with E-state index in [9.17, 15) is 4.79 Å². The number of nitrogens with zero attached hydrogens (tertiary/aromatic N) is 2. The third-order valence-corrected chi connectivity index (χ3v) is 4.95. The second kappa shape index (κ2) is 8.02. The lowest BCUT2D eigenvalue weighted by Crippen LogP contribution is -2.22. The van der Waals surface area contributed by atoms with Gasteiger partial charge >= 0.3 is 0 Å². The Morgan fingerprint density at radius 3 is 2.92 bits per heavy atom. The third kappa shape index (κ3) is 4.18. The zero-order valence-electron chi connectivity index (χ0n) is 13.3. The Balaban J connectivity index is 1.75. The first-order chi connectivity index (χ1) is 11.8. The fourth-order valence-corrected chi connectivity index (χ4v) is 3.73. The average molecular weight is 341 g/mol. The maximum absolute atomic E-state index is 12.2. The van der Waals surface area contributed by atoms with Gasteiger partial charge < -0.3 is 10.1 Å². The molecule has 1 aliphatic carbocycles. The van der Waals surface area contributed by atoms with Crippen molar-refractivity contribution in [3.63, 3.8) is 0 Å². The number of hydrogen-bond donors (Lipinski definition) is 1. The first kappa shape index (κ1) is 16.6. The number of nitrogens with one attached hydrogen (secondary N) is 1. The molecule has 124 valence electrons. The number of carbonyl (C=O) groups excluding carboxylic acids is 1. The molecule has 1 saturated heterocycles. The molecule has 0 unspecified atom stereocenters. The summed E-state index contributed by atoms with van der Waals surface area (Å²) in [7, 11) is 0. The van der Waals surface area contributed by atoms with Gasteiger partial charge in [-0.15, -0.1) is 0 Å². The fraction of sp³-hybridized carbons (Fsp3) is 0.389. The fourth-order valence-electron chi connectivity index (χ4n) is 2.85. The molecule has 6 heteroatoms. The Hall–Kier alpha value is -2.26. The Labute approximate surface area is 145 Å². The molecule has 1 amide bonds. The number of rotatable bonds is 4. The largest absolute Gasteiger partial charge is 0.478 e. The summed E-state index contributed by atoms with van der Waals surface area (Å²) >= 11 is 1.37. The quantitative estimate of drug-likeness (QED) is 0.851. The van der Waals surface area contributed by atoms with E-state index in [0.29, 0.717) is 21.9 Å². The first-order valence-corrected chi connectivity index (χ1v) is 8.95. The number of carbonyl (C=O) groups is 1. The third-order valence-electron chi connectivity index (χ3n) is 4.02. The molecule has 1 aliphatic heterocycles. The highest BCUT2D eigenvalue weighted by molar-refractivity contribution is 8.18. The van der Waals surface area contributed by atoms with Crippen LogP contribution in [0, 0.1) is 11.3 Å². The maximum atomic E-state index is 12.2. The molecule has 0 spiro atoms. The van der Waals surface area contributed by atoms with E-state index in [1.54, 1.807) is 12.1 Å². The molecular weight excluding hydrogens is 322 g/mol. The maximum Gasteiger partial charge on any atom is 0.264 e. The minimum atomic E-state index is -0.135. The SMILES string of the molecule is N#CCOc1ccccc1/C=C1\SC(=NC2CCCCC2)NC1=O. The standard InChI is InChI=1S/C18H19N3O2S/c19-10-11-23-15-9-5-4-6-13(15)12-16-17(22)21-18(24-16)20-14-7-2-1-3-8-14/h4-6,9,12,14H,1-3,7-8,11H2,(H,20,21,22)/b16-12-. The smallest absolute Gasteiger partial charge is 0.264 e. The number of thioether (sulfide) groups is 1. The van der Waals surface area contributed by atoms with Gasteiger partial charge in [0.25, 0.3) is 5.91 Å². The number of para-hydroxylation sites is 1. The Bertz CT molecular complexity index is 715. The highest BCUT2D eigenvalue weighted by Gasteiger charge is 2.25. The minimum absolute atomic E-state index is 0.0199. The van der Waals surface area contributed by atoms with Crippen LogP contribution in [0.5, 0.6) is 5.75 Å². The van der Waals surface area contributed by atoms with Gasteiger partial charge in [0.15, 0.2) is 11.8 Å². The summed E-state index contributed by atoms with van der Waals surface area (Å²) in [4.78, 5) is 17.5. The molecule has 1 heterocycles. The number of amidine groups is 1. The number of hydrogen-bond acceptors (Lipinski definition) is 5. The zero-order chi connectivity index (χ0) is 16.8. The van der Waals surface area contributed by atoms with E-state index in [1.165, 1.54) is 31.0 Å². The molecule has 0 bridgehead atoms. The first-order valence-electron chi connectivity index (χ1n) is 8.14.